The van der Waals surface area contributed by atoms with E-state index in [1.165, 1.54) is 20.2 Å². The number of fused-ring (bicyclic) bond motifs is 1. The zero-order valence-corrected chi connectivity index (χ0v) is 25.5. The molecule has 44 heavy (non-hydrogen) atoms. The van der Waals surface area contributed by atoms with Crippen LogP contribution in [0, 0.1) is 5.82 Å². The fourth-order valence-electron chi connectivity index (χ4n) is 5.82. The molecular formula is C34H37FN4O5. The predicted octanol–water partition coefficient (Wildman–Crippen LogP) is 5.21. The number of pyridine rings is 1. The quantitative estimate of drug-likeness (QED) is 0.248. The number of aromatic carboxylic acids is 1. The molecule has 1 saturated heterocycles. The molecule has 0 saturated carbocycles. The van der Waals surface area contributed by atoms with Gasteiger partial charge in [0, 0.05) is 55.9 Å². The lowest BCUT2D eigenvalue weighted by Gasteiger charge is -2.38. The molecule has 0 atom stereocenters. The first-order chi connectivity index (χ1) is 21.2. The highest BCUT2D eigenvalue weighted by Crippen LogP contribution is 2.39. The Morgan fingerprint density at radius 1 is 0.932 bits per heavy atom. The third kappa shape index (κ3) is 5.90. The Hall–Kier alpha value is -4.70. The lowest BCUT2D eigenvalue weighted by molar-refractivity contribution is 0.0694. The molecule has 1 fully saturated rings. The number of carboxylic acid groups (broad SMARTS) is 1. The lowest BCUT2D eigenvalue weighted by Crippen LogP contribution is -2.47. The monoisotopic (exact) mass is 600 g/mol. The minimum Gasteiger partial charge on any atom is -0.492 e. The van der Waals surface area contributed by atoms with E-state index in [0.717, 1.165) is 37.0 Å². The number of rotatable bonds is 10. The van der Waals surface area contributed by atoms with Crippen LogP contribution in [-0.4, -0.2) is 72.7 Å². The van der Waals surface area contributed by atoms with Crippen LogP contribution in [0.15, 0.2) is 65.6 Å². The van der Waals surface area contributed by atoms with Gasteiger partial charge >= 0.3 is 5.97 Å². The van der Waals surface area contributed by atoms with Crippen LogP contribution < -0.4 is 20.0 Å². The maximum Gasteiger partial charge on any atom is 0.341 e. The van der Waals surface area contributed by atoms with E-state index in [0.29, 0.717) is 42.9 Å². The largest absolute Gasteiger partial charge is 0.492 e. The zero-order chi connectivity index (χ0) is 31.5. The van der Waals surface area contributed by atoms with Crippen LogP contribution in [0.5, 0.6) is 5.75 Å². The molecule has 1 N–H and O–H groups in total. The molecule has 5 rings (SSSR count). The summed E-state index contributed by atoms with van der Waals surface area (Å²) in [6.07, 6.45) is 1.29. The second kappa shape index (κ2) is 12.9. The maximum atomic E-state index is 15.9. The fraction of sp³-hybridized carbons (Fsp3) is 0.324. The molecule has 2 heterocycles. The lowest BCUT2D eigenvalue weighted by atomic mass is 10.1. The summed E-state index contributed by atoms with van der Waals surface area (Å²) in [4.78, 5) is 43.4. The Balaban J connectivity index is 1.56. The van der Waals surface area contributed by atoms with Gasteiger partial charge < -0.3 is 24.2 Å². The van der Waals surface area contributed by atoms with Gasteiger partial charge in [-0.2, -0.15) is 0 Å². The first kappa shape index (κ1) is 30.7. The Labute approximate surface area is 255 Å². The molecule has 0 unspecified atom stereocenters. The Morgan fingerprint density at radius 3 is 2.07 bits per heavy atom. The number of methoxy groups -OCH3 is 1. The minimum absolute atomic E-state index is 0.00442. The average Bonchev–Trinajstić information content (AvgIpc) is 3.03. The van der Waals surface area contributed by atoms with Crippen molar-refractivity contribution in [1.82, 2.24) is 9.47 Å². The highest BCUT2D eigenvalue weighted by Gasteiger charge is 2.28. The maximum absolute atomic E-state index is 15.9. The van der Waals surface area contributed by atoms with E-state index < -0.39 is 22.8 Å². The zero-order valence-electron chi connectivity index (χ0n) is 25.5. The van der Waals surface area contributed by atoms with E-state index >= 15 is 4.39 Å². The molecule has 4 aromatic rings. The fourth-order valence-corrected chi connectivity index (χ4v) is 5.82. The number of carbonyl (C=O) groups excluding carboxylic acids is 1. The Bertz CT molecular complexity index is 1740. The van der Waals surface area contributed by atoms with Crippen LogP contribution in [0.2, 0.25) is 0 Å². The van der Waals surface area contributed by atoms with Gasteiger partial charge in [0.05, 0.1) is 12.5 Å². The molecule has 9 nitrogen and oxygen atoms in total. The summed E-state index contributed by atoms with van der Waals surface area (Å²) in [7, 11) is 1.43. The second-order valence-corrected chi connectivity index (χ2v) is 10.9. The summed E-state index contributed by atoms with van der Waals surface area (Å²) in [5.74, 6) is -1.88. The number of benzene rings is 3. The molecule has 10 heteroatoms. The van der Waals surface area contributed by atoms with Crippen LogP contribution in [0.1, 0.15) is 47.1 Å². The first-order valence-electron chi connectivity index (χ1n) is 14.8. The number of aromatic nitrogens is 1. The molecule has 0 amide bonds. The molecule has 0 spiro atoms. The van der Waals surface area contributed by atoms with Crippen molar-refractivity contribution < 1.29 is 23.8 Å². The van der Waals surface area contributed by atoms with Gasteiger partial charge in [0.1, 0.15) is 16.8 Å². The molecule has 1 aliphatic rings. The Morgan fingerprint density at radius 2 is 1.52 bits per heavy atom. The summed E-state index contributed by atoms with van der Waals surface area (Å²) in [5, 5.41) is 9.77. The van der Waals surface area contributed by atoms with Gasteiger partial charge in [-0.05, 0) is 68.0 Å². The van der Waals surface area contributed by atoms with E-state index in [2.05, 4.69) is 23.6 Å². The number of carbonyl (C=O) groups is 2. The predicted molar refractivity (Wildman–Crippen MR) is 171 cm³/mol. The topological polar surface area (TPSA) is 95.3 Å². The molecule has 1 aliphatic heterocycles. The van der Waals surface area contributed by atoms with Gasteiger partial charge in [0.25, 0.3) is 0 Å². The third-order valence-electron chi connectivity index (χ3n) is 8.36. The van der Waals surface area contributed by atoms with Crippen molar-refractivity contribution in [3.8, 4) is 11.4 Å². The highest BCUT2D eigenvalue weighted by molar-refractivity contribution is 5.98. The first-order valence-corrected chi connectivity index (χ1v) is 14.8. The van der Waals surface area contributed by atoms with Crippen LogP contribution in [0.3, 0.4) is 0 Å². The van der Waals surface area contributed by atoms with Gasteiger partial charge in [-0.1, -0.05) is 26.0 Å². The smallest absolute Gasteiger partial charge is 0.341 e. The van der Waals surface area contributed by atoms with Crippen LogP contribution in [0.4, 0.5) is 15.8 Å². The summed E-state index contributed by atoms with van der Waals surface area (Å²) >= 11 is 0. The van der Waals surface area contributed by atoms with Crippen molar-refractivity contribution in [2.75, 3.05) is 56.2 Å². The molecule has 1 aromatic heterocycles. The van der Waals surface area contributed by atoms with Crippen LogP contribution >= 0.6 is 0 Å². The van der Waals surface area contributed by atoms with Crippen molar-refractivity contribution in [3.05, 3.63) is 93.5 Å². The number of halogens is 1. The van der Waals surface area contributed by atoms with Crippen LogP contribution in [0.25, 0.3) is 16.6 Å². The Kier molecular flexibility index (Phi) is 9.01. The molecule has 230 valence electrons. The number of hydrogen-bond donors (Lipinski definition) is 1. The van der Waals surface area contributed by atoms with E-state index in [9.17, 15) is 19.5 Å². The van der Waals surface area contributed by atoms with Crippen molar-refractivity contribution in [1.29, 1.82) is 0 Å². The van der Waals surface area contributed by atoms with Crippen molar-refractivity contribution in [2.24, 2.45) is 0 Å². The van der Waals surface area contributed by atoms with Crippen molar-refractivity contribution >= 4 is 34.0 Å². The summed E-state index contributed by atoms with van der Waals surface area (Å²) in [5.41, 5.74) is 2.63. The van der Waals surface area contributed by atoms with Gasteiger partial charge in [0.15, 0.2) is 17.3 Å². The number of piperazine rings is 1. The number of carboxylic acids is 1. The van der Waals surface area contributed by atoms with E-state index in [4.69, 9.17) is 4.74 Å². The normalized spacial score (nSPS) is 13.5. The third-order valence-corrected chi connectivity index (χ3v) is 8.36. The van der Waals surface area contributed by atoms with Crippen molar-refractivity contribution in [2.45, 2.75) is 27.3 Å². The van der Waals surface area contributed by atoms with Gasteiger partial charge in [-0.15, -0.1) is 0 Å². The van der Waals surface area contributed by atoms with Crippen LogP contribution in [-0.2, 0) is 6.54 Å². The SMILES string of the molecule is CCN(CC)Cc1ccc(-n2cc(C(=O)O)c(=O)c3cc(F)c(N4CCN(c5ccc(C(C)=O)cc5)CC4)c(OC)c32)cc1. The summed E-state index contributed by atoms with van der Waals surface area (Å²) in [6.45, 7) is 10.5. The standard InChI is InChI=1S/C34H37FN4O5/c1-5-36(6-2)20-23-7-11-26(12-8-23)39-21-28(34(42)43)32(41)27-19-29(35)31(33(44-4)30(27)39)38-17-15-37(16-18-38)25-13-9-24(10-14-25)22(3)40/h7-14,19,21H,5-6,15-18,20H2,1-4H3,(H,42,43). The average molecular weight is 601 g/mol. The number of hydrogen-bond acceptors (Lipinski definition) is 7. The van der Waals surface area contributed by atoms with E-state index in [1.54, 1.807) is 16.7 Å². The van der Waals surface area contributed by atoms with Gasteiger partial charge in [0.2, 0.25) is 5.43 Å². The number of Topliss-reactive ketones (excluding diaryl/α,β-unsaturated/α-hetero) is 1. The van der Waals surface area contributed by atoms with E-state index in [1.807, 2.05) is 41.3 Å². The summed E-state index contributed by atoms with van der Waals surface area (Å²) < 4.78 is 23.3. The molecule has 0 bridgehead atoms. The molecule has 0 aliphatic carbocycles. The summed E-state index contributed by atoms with van der Waals surface area (Å²) in [6, 6.07) is 16.2. The van der Waals surface area contributed by atoms with E-state index in [-0.39, 0.29) is 22.6 Å². The molecule has 0 radical (unpaired) electrons. The van der Waals surface area contributed by atoms with Gasteiger partial charge in [-0.25, -0.2) is 9.18 Å². The molecule has 3 aromatic carbocycles. The number of nitrogens with zero attached hydrogens (tertiary/aromatic N) is 4. The highest BCUT2D eigenvalue weighted by atomic mass is 19.1. The number of ketones is 1. The number of ether oxygens (including phenoxy) is 1. The van der Waals surface area contributed by atoms with Crippen molar-refractivity contribution in [3.63, 3.8) is 0 Å². The van der Waals surface area contributed by atoms with Gasteiger partial charge in [-0.3, -0.25) is 14.5 Å². The minimum atomic E-state index is -1.39. The molecular weight excluding hydrogens is 563 g/mol. The second-order valence-electron chi connectivity index (χ2n) is 10.9. The number of anilines is 2.